The molecule has 0 saturated carbocycles. The first-order valence-corrected chi connectivity index (χ1v) is 9.60. The number of rotatable bonds is 6. The van der Waals surface area contributed by atoms with Crippen molar-refractivity contribution < 1.29 is 4.74 Å². The van der Waals surface area contributed by atoms with Gasteiger partial charge in [0.15, 0.2) is 5.72 Å². The van der Waals surface area contributed by atoms with Gasteiger partial charge in [-0.2, -0.15) is 0 Å². The van der Waals surface area contributed by atoms with Gasteiger partial charge in [-0.3, -0.25) is 5.32 Å². The number of aryl methyl sites for hydroxylation is 1. The van der Waals surface area contributed by atoms with Crippen LogP contribution >= 0.6 is 24.8 Å². The second-order valence-corrected chi connectivity index (χ2v) is 7.17. The summed E-state index contributed by atoms with van der Waals surface area (Å²) < 4.78 is 8.02. The molecule has 0 aliphatic carbocycles. The Morgan fingerprint density at radius 2 is 1.77 bits per heavy atom. The van der Waals surface area contributed by atoms with Crippen molar-refractivity contribution in [2.24, 2.45) is 0 Å². The molecule has 0 spiro atoms. The number of aromatic nitrogens is 4. The molecule has 1 aliphatic rings. The number of tetrazole rings is 1. The topological polar surface area (TPSA) is 76.9 Å². The van der Waals surface area contributed by atoms with Crippen molar-refractivity contribution in [3.8, 4) is 0 Å². The molecule has 9 heteroatoms. The summed E-state index contributed by atoms with van der Waals surface area (Å²) in [5, 5.41) is 19.4. The fraction of sp³-hybridized carbons (Fsp3) is 0.381. The lowest BCUT2D eigenvalue weighted by Crippen LogP contribution is -2.63. The number of methoxy groups -OCH3 is 1. The van der Waals surface area contributed by atoms with Gasteiger partial charge in [0.1, 0.15) is 5.82 Å². The largest absolute Gasteiger partial charge is 0.358 e. The lowest BCUT2D eigenvalue weighted by molar-refractivity contribution is -0.0990. The third-order valence-electron chi connectivity index (χ3n) is 5.52. The summed E-state index contributed by atoms with van der Waals surface area (Å²) in [7, 11) is 1.76. The van der Waals surface area contributed by atoms with Crippen molar-refractivity contribution in [3.63, 3.8) is 0 Å². The number of nitrogens with zero attached hydrogens (tertiary/aromatic N) is 4. The first kappa shape index (κ1) is 24.2. The maximum atomic E-state index is 6.13. The van der Waals surface area contributed by atoms with Gasteiger partial charge in [-0.05, 0) is 29.3 Å². The molecule has 2 N–H and O–H groups in total. The van der Waals surface area contributed by atoms with Gasteiger partial charge in [-0.1, -0.05) is 60.7 Å². The molecule has 1 saturated heterocycles. The lowest BCUT2D eigenvalue weighted by atomic mass is 9.85. The molecule has 1 aromatic heterocycles. The fourth-order valence-electron chi connectivity index (χ4n) is 4.06. The van der Waals surface area contributed by atoms with Gasteiger partial charge in [0, 0.05) is 25.8 Å². The summed E-state index contributed by atoms with van der Waals surface area (Å²) >= 11 is 0. The highest BCUT2D eigenvalue weighted by Crippen LogP contribution is 2.35. The van der Waals surface area contributed by atoms with Crippen molar-refractivity contribution in [1.82, 2.24) is 30.8 Å². The van der Waals surface area contributed by atoms with E-state index in [-0.39, 0.29) is 36.9 Å². The van der Waals surface area contributed by atoms with E-state index in [4.69, 9.17) is 4.74 Å². The molecule has 3 aromatic rings. The number of benzene rings is 2. The molecule has 30 heavy (non-hydrogen) atoms. The quantitative estimate of drug-likeness (QED) is 0.600. The summed E-state index contributed by atoms with van der Waals surface area (Å²) in [5.41, 5.74) is 1.73. The number of halogens is 2. The van der Waals surface area contributed by atoms with E-state index < -0.39 is 5.72 Å². The molecule has 162 valence electrons. The van der Waals surface area contributed by atoms with Gasteiger partial charge in [-0.25, -0.2) is 4.68 Å². The van der Waals surface area contributed by atoms with Crippen molar-refractivity contribution in [2.75, 3.05) is 13.7 Å². The first-order chi connectivity index (χ1) is 13.7. The second-order valence-electron chi connectivity index (χ2n) is 7.17. The zero-order chi connectivity index (χ0) is 19.4. The van der Waals surface area contributed by atoms with E-state index in [9.17, 15) is 0 Å². The third kappa shape index (κ3) is 4.82. The molecule has 2 heterocycles. The average molecular weight is 451 g/mol. The lowest BCUT2D eigenvalue weighted by Gasteiger charge is -2.47. The van der Waals surface area contributed by atoms with E-state index in [0.29, 0.717) is 0 Å². The van der Waals surface area contributed by atoms with E-state index >= 15 is 0 Å². The highest BCUT2D eigenvalue weighted by Gasteiger charge is 2.46. The Labute approximate surface area is 189 Å². The summed E-state index contributed by atoms with van der Waals surface area (Å²) in [6, 6.07) is 20.9. The Morgan fingerprint density at radius 3 is 2.37 bits per heavy atom. The molecule has 3 atom stereocenters. The van der Waals surface area contributed by atoms with Crippen LogP contribution < -0.4 is 10.6 Å². The molecule has 1 fully saturated rings. The zero-order valence-corrected chi connectivity index (χ0v) is 18.7. The predicted octanol–water partition coefficient (Wildman–Crippen LogP) is 3.02. The molecular weight excluding hydrogens is 423 g/mol. The van der Waals surface area contributed by atoms with Crippen molar-refractivity contribution >= 4 is 24.8 Å². The zero-order valence-electron chi connectivity index (χ0n) is 17.1. The highest BCUT2D eigenvalue weighted by atomic mass is 35.5. The minimum atomic E-state index is -0.617. The average Bonchev–Trinajstić information content (AvgIpc) is 3.19. The van der Waals surface area contributed by atoms with Gasteiger partial charge in [0.25, 0.3) is 0 Å². The first-order valence-electron chi connectivity index (χ1n) is 9.60. The van der Waals surface area contributed by atoms with Crippen molar-refractivity contribution in [3.05, 3.63) is 77.6 Å². The normalized spacial score (nSPS) is 23.3. The molecule has 0 amide bonds. The minimum absolute atomic E-state index is 0. The SMILES string of the molecule is CO[C@]1(c2ccccc2)NCC(n2nnnc2C)C[C@@H]1NCc1ccccc1.Cl.Cl. The van der Waals surface area contributed by atoms with Crippen LogP contribution in [0, 0.1) is 6.92 Å². The number of ether oxygens (including phenoxy) is 1. The van der Waals surface area contributed by atoms with Crippen LogP contribution in [0.15, 0.2) is 60.7 Å². The standard InChI is InChI=1S/C21H26N6O.2ClH/c1-16-24-25-26-27(16)19-13-20(22-14-17-9-5-3-6-10-17)21(28-2,23-15-19)18-11-7-4-8-12-18;;/h3-12,19-20,22-23H,13-15H2,1-2H3;2*1H/t19?,20-,21-;;/m0../s1. The summed E-state index contributed by atoms with van der Waals surface area (Å²) in [6.07, 6.45) is 0.842. The van der Waals surface area contributed by atoms with Crippen LogP contribution in [0.25, 0.3) is 0 Å². The van der Waals surface area contributed by atoms with Crippen LogP contribution in [-0.2, 0) is 17.0 Å². The van der Waals surface area contributed by atoms with Gasteiger partial charge < -0.3 is 10.1 Å². The number of nitrogens with one attached hydrogen (secondary N) is 2. The molecule has 1 unspecified atom stereocenters. The molecule has 4 rings (SSSR count). The maximum Gasteiger partial charge on any atom is 0.160 e. The number of piperidine rings is 1. The smallest absolute Gasteiger partial charge is 0.160 e. The van der Waals surface area contributed by atoms with Crippen LogP contribution in [0.2, 0.25) is 0 Å². The van der Waals surface area contributed by atoms with E-state index in [0.717, 1.165) is 30.9 Å². The Morgan fingerprint density at radius 1 is 1.10 bits per heavy atom. The number of hydrogen-bond donors (Lipinski definition) is 2. The Kier molecular flexibility index (Phi) is 8.76. The van der Waals surface area contributed by atoms with Crippen LogP contribution in [0.3, 0.4) is 0 Å². The van der Waals surface area contributed by atoms with E-state index in [1.807, 2.05) is 35.9 Å². The third-order valence-corrected chi connectivity index (χ3v) is 5.52. The molecule has 2 aromatic carbocycles. The number of hydrogen-bond acceptors (Lipinski definition) is 6. The van der Waals surface area contributed by atoms with Crippen LogP contribution in [0.4, 0.5) is 0 Å². The maximum absolute atomic E-state index is 6.13. The summed E-state index contributed by atoms with van der Waals surface area (Å²) in [5.74, 6) is 0.818. The summed E-state index contributed by atoms with van der Waals surface area (Å²) in [4.78, 5) is 0. The van der Waals surface area contributed by atoms with Gasteiger partial charge in [-0.15, -0.1) is 29.9 Å². The van der Waals surface area contributed by atoms with Crippen molar-refractivity contribution in [2.45, 2.75) is 37.7 Å². The minimum Gasteiger partial charge on any atom is -0.358 e. The van der Waals surface area contributed by atoms with Gasteiger partial charge in [0.05, 0.1) is 12.1 Å². The van der Waals surface area contributed by atoms with E-state index in [2.05, 4.69) is 62.6 Å². The van der Waals surface area contributed by atoms with Gasteiger partial charge in [0.2, 0.25) is 0 Å². The molecule has 0 radical (unpaired) electrons. The predicted molar refractivity (Wildman–Crippen MR) is 121 cm³/mol. The molecular formula is C21H28Cl2N6O. The summed E-state index contributed by atoms with van der Waals surface area (Å²) in [6.45, 7) is 3.41. The van der Waals surface area contributed by atoms with Crippen LogP contribution in [-0.4, -0.2) is 39.9 Å². The molecule has 7 nitrogen and oxygen atoms in total. The van der Waals surface area contributed by atoms with Crippen molar-refractivity contribution in [1.29, 1.82) is 0 Å². The molecule has 1 aliphatic heterocycles. The highest BCUT2D eigenvalue weighted by molar-refractivity contribution is 5.85. The monoisotopic (exact) mass is 450 g/mol. The second kappa shape index (κ2) is 10.8. The molecule has 0 bridgehead atoms. The van der Waals surface area contributed by atoms with Crippen LogP contribution in [0.5, 0.6) is 0 Å². The van der Waals surface area contributed by atoms with Crippen LogP contribution in [0.1, 0.15) is 29.4 Å². The van der Waals surface area contributed by atoms with E-state index in [1.54, 1.807) is 7.11 Å². The Bertz CT molecular complexity index is 895. The Hall–Kier alpha value is -2.03. The Balaban J connectivity index is 0.00000160. The van der Waals surface area contributed by atoms with E-state index in [1.165, 1.54) is 5.56 Å². The van der Waals surface area contributed by atoms with Gasteiger partial charge >= 0.3 is 0 Å². The fourth-order valence-corrected chi connectivity index (χ4v) is 4.06.